The highest BCUT2D eigenvalue weighted by Crippen LogP contribution is 2.23. The Kier molecular flexibility index (Phi) is 5.68. The lowest BCUT2D eigenvalue weighted by Gasteiger charge is -2.34. The number of hydrogen-bond acceptors (Lipinski definition) is 4. The van der Waals surface area contributed by atoms with Crippen molar-refractivity contribution in [1.82, 2.24) is 15.2 Å². The van der Waals surface area contributed by atoms with Crippen molar-refractivity contribution >= 4 is 29.2 Å². The lowest BCUT2D eigenvalue weighted by atomic mass is 9.92. The first kappa shape index (κ1) is 17.2. The number of amides is 2. The highest BCUT2D eigenvalue weighted by atomic mass is 35.5. The molecule has 2 fully saturated rings. The summed E-state index contributed by atoms with van der Waals surface area (Å²) in [4.78, 5) is 30.9. The number of rotatable bonds is 3. The maximum Gasteiger partial charge on any atom is 0.228 e. The summed E-state index contributed by atoms with van der Waals surface area (Å²) in [7, 11) is 0. The Morgan fingerprint density at radius 2 is 1.83 bits per heavy atom. The molecule has 2 aliphatic rings. The van der Waals surface area contributed by atoms with Gasteiger partial charge in [0, 0.05) is 31.1 Å². The number of hydrogen-bond donors (Lipinski definition) is 2. The van der Waals surface area contributed by atoms with Crippen LogP contribution in [-0.4, -0.2) is 47.9 Å². The maximum atomic E-state index is 12.5. The Balaban J connectivity index is 1.48. The Morgan fingerprint density at radius 1 is 1.12 bits per heavy atom. The Labute approximate surface area is 147 Å². The summed E-state index contributed by atoms with van der Waals surface area (Å²) in [5.74, 6) is 0.820. The second-order valence-electron chi connectivity index (χ2n) is 6.47. The molecule has 3 rings (SSSR count). The van der Waals surface area contributed by atoms with Crippen molar-refractivity contribution in [3.05, 3.63) is 23.4 Å². The number of piperidine rings is 2. The molecule has 1 aromatic heterocycles. The van der Waals surface area contributed by atoms with E-state index in [1.807, 2.05) is 4.90 Å². The fraction of sp³-hybridized carbons (Fsp3) is 0.588. The molecule has 0 aliphatic carbocycles. The van der Waals surface area contributed by atoms with Crippen LogP contribution in [0.25, 0.3) is 0 Å². The largest absolute Gasteiger partial charge is 0.342 e. The number of halogens is 1. The van der Waals surface area contributed by atoms with Crippen molar-refractivity contribution < 1.29 is 9.59 Å². The van der Waals surface area contributed by atoms with Crippen LogP contribution in [0.3, 0.4) is 0 Å². The number of likely N-dealkylation sites (tertiary alicyclic amines) is 1. The van der Waals surface area contributed by atoms with Gasteiger partial charge in [-0.1, -0.05) is 11.6 Å². The average molecular weight is 351 g/mol. The fourth-order valence-electron chi connectivity index (χ4n) is 3.37. The summed E-state index contributed by atoms with van der Waals surface area (Å²) in [5.41, 5.74) is 0. The van der Waals surface area contributed by atoms with Gasteiger partial charge >= 0.3 is 0 Å². The Morgan fingerprint density at radius 3 is 2.46 bits per heavy atom. The molecule has 2 amide bonds. The summed E-state index contributed by atoms with van der Waals surface area (Å²) in [6.07, 6.45) is 4.76. The minimum atomic E-state index is -0.0699. The lowest BCUT2D eigenvalue weighted by molar-refractivity contribution is -0.139. The molecule has 0 saturated carbocycles. The van der Waals surface area contributed by atoms with Gasteiger partial charge in [0.25, 0.3) is 0 Å². The van der Waals surface area contributed by atoms with Crippen molar-refractivity contribution in [2.45, 2.75) is 25.7 Å². The molecule has 7 heteroatoms. The number of carbonyl (C=O) groups excluding carboxylic acids is 2. The monoisotopic (exact) mass is 350 g/mol. The van der Waals surface area contributed by atoms with Crippen LogP contribution in [0, 0.1) is 11.8 Å². The highest BCUT2D eigenvalue weighted by molar-refractivity contribution is 6.30. The van der Waals surface area contributed by atoms with Crippen LogP contribution >= 0.6 is 11.6 Å². The first-order valence-corrected chi connectivity index (χ1v) is 8.93. The molecule has 1 aromatic rings. The molecule has 0 atom stereocenters. The zero-order chi connectivity index (χ0) is 16.9. The van der Waals surface area contributed by atoms with E-state index >= 15 is 0 Å². The SMILES string of the molecule is O=C(Nc1ccc(Cl)cn1)C1CCN(C(=O)C2CCNCC2)CC1. The first-order valence-electron chi connectivity index (χ1n) is 8.55. The minimum absolute atomic E-state index is 0.0289. The van der Waals surface area contributed by atoms with E-state index < -0.39 is 0 Å². The summed E-state index contributed by atoms with van der Waals surface area (Å²) >= 11 is 5.79. The molecule has 0 aromatic carbocycles. The van der Waals surface area contributed by atoms with Crippen LogP contribution in [0.2, 0.25) is 5.02 Å². The Hall–Kier alpha value is -1.66. The van der Waals surface area contributed by atoms with Gasteiger partial charge in [-0.2, -0.15) is 0 Å². The zero-order valence-corrected chi connectivity index (χ0v) is 14.4. The third-order valence-electron chi connectivity index (χ3n) is 4.84. The van der Waals surface area contributed by atoms with E-state index in [1.165, 1.54) is 6.20 Å². The minimum Gasteiger partial charge on any atom is -0.342 e. The van der Waals surface area contributed by atoms with Gasteiger partial charge in [-0.15, -0.1) is 0 Å². The van der Waals surface area contributed by atoms with Crippen LogP contribution in [-0.2, 0) is 9.59 Å². The number of nitrogens with zero attached hydrogens (tertiary/aromatic N) is 2. The zero-order valence-electron chi connectivity index (χ0n) is 13.6. The number of pyridine rings is 1. The van der Waals surface area contributed by atoms with E-state index in [0.29, 0.717) is 36.8 Å². The van der Waals surface area contributed by atoms with Gasteiger partial charge in [-0.25, -0.2) is 4.98 Å². The van der Waals surface area contributed by atoms with E-state index in [2.05, 4.69) is 15.6 Å². The quantitative estimate of drug-likeness (QED) is 0.873. The van der Waals surface area contributed by atoms with Gasteiger partial charge in [0.05, 0.1) is 5.02 Å². The van der Waals surface area contributed by atoms with Gasteiger partial charge in [-0.05, 0) is 50.9 Å². The average Bonchev–Trinajstić information content (AvgIpc) is 2.64. The second kappa shape index (κ2) is 7.94. The number of nitrogens with one attached hydrogen (secondary N) is 2. The normalized spacial score (nSPS) is 20.0. The molecule has 0 radical (unpaired) electrons. The van der Waals surface area contributed by atoms with Crippen LogP contribution < -0.4 is 10.6 Å². The predicted octanol–water partition coefficient (Wildman–Crippen LogP) is 1.91. The van der Waals surface area contributed by atoms with Crippen molar-refractivity contribution in [2.75, 3.05) is 31.5 Å². The molecule has 2 saturated heterocycles. The van der Waals surface area contributed by atoms with Gasteiger partial charge < -0.3 is 15.5 Å². The fourth-order valence-corrected chi connectivity index (χ4v) is 3.48. The summed E-state index contributed by atoms with van der Waals surface area (Å²) < 4.78 is 0. The van der Waals surface area contributed by atoms with Crippen LogP contribution in [0.4, 0.5) is 5.82 Å². The molecule has 2 N–H and O–H groups in total. The summed E-state index contributed by atoms with van der Waals surface area (Å²) in [6.45, 7) is 3.16. The molecule has 3 heterocycles. The van der Waals surface area contributed by atoms with E-state index in [0.717, 1.165) is 25.9 Å². The van der Waals surface area contributed by atoms with Gasteiger partial charge in [0.1, 0.15) is 5.82 Å². The number of aromatic nitrogens is 1. The van der Waals surface area contributed by atoms with Gasteiger partial charge in [-0.3, -0.25) is 9.59 Å². The third-order valence-corrected chi connectivity index (χ3v) is 5.07. The van der Waals surface area contributed by atoms with E-state index in [1.54, 1.807) is 12.1 Å². The van der Waals surface area contributed by atoms with Gasteiger partial charge in [0.2, 0.25) is 11.8 Å². The predicted molar refractivity (Wildman–Crippen MR) is 92.8 cm³/mol. The molecule has 24 heavy (non-hydrogen) atoms. The third kappa shape index (κ3) is 4.24. The molecular weight excluding hydrogens is 328 g/mol. The van der Waals surface area contributed by atoms with E-state index in [9.17, 15) is 9.59 Å². The van der Waals surface area contributed by atoms with Crippen molar-refractivity contribution in [3.8, 4) is 0 Å². The number of carbonyl (C=O) groups is 2. The topological polar surface area (TPSA) is 74.3 Å². The maximum absolute atomic E-state index is 12.5. The number of anilines is 1. The molecule has 0 unspecified atom stereocenters. The molecule has 0 spiro atoms. The summed E-state index contributed by atoms with van der Waals surface area (Å²) in [5, 5.41) is 6.65. The molecule has 130 valence electrons. The smallest absolute Gasteiger partial charge is 0.228 e. The molecular formula is C17H23ClN4O2. The van der Waals surface area contributed by atoms with Crippen molar-refractivity contribution in [2.24, 2.45) is 11.8 Å². The molecule has 2 aliphatic heterocycles. The Bertz CT molecular complexity index is 579. The first-order chi connectivity index (χ1) is 11.6. The molecule has 0 bridgehead atoms. The van der Waals surface area contributed by atoms with Crippen molar-refractivity contribution in [1.29, 1.82) is 0 Å². The highest BCUT2D eigenvalue weighted by Gasteiger charge is 2.31. The molecule has 6 nitrogen and oxygen atoms in total. The van der Waals surface area contributed by atoms with Crippen LogP contribution in [0.5, 0.6) is 0 Å². The van der Waals surface area contributed by atoms with Crippen LogP contribution in [0.15, 0.2) is 18.3 Å². The lowest BCUT2D eigenvalue weighted by Crippen LogP contribution is -2.46. The second-order valence-corrected chi connectivity index (χ2v) is 6.91. The van der Waals surface area contributed by atoms with Crippen LogP contribution in [0.1, 0.15) is 25.7 Å². The summed E-state index contributed by atoms with van der Waals surface area (Å²) in [6, 6.07) is 3.39. The van der Waals surface area contributed by atoms with Gasteiger partial charge in [0.15, 0.2) is 0 Å². The standard InChI is InChI=1S/C17H23ClN4O2/c18-14-1-2-15(20-11-14)21-16(23)12-5-9-22(10-6-12)17(24)13-3-7-19-8-4-13/h1-2,11-13,19H,3-10H2,(H,20,21,23). The van der Waals surface area contributed by atoms with E-state index in [4.69, 9.17) is 11.6 Å². The van der Waals surface area contributed by atoms with Crippen molar-refractivity contribution in [3.63, 3.8) is 0 Å². The van der Waals surface area contributed by atoms with E-state index in [-0.39, 0.29) is 23.7 Å².